The van der Waals surface area contributed by atoms with Crippen molar-refractivity contribution in [1.29, 1.82) is 0 Å². The number of hydrogen-bond donors (Lipinski definition) is 1. The third kappa shape index (κ3) is 4.98. The molecule has 2 rings (SSSR count). The van der Waals surface area contributed by atoms with Gasteiger partial charge in [0.2, 0.25) is 17.6 Å². The molecule has 0 saturated carbocycles. The number of hydrogen-bond acceptors (Lipinski definition) is 4. The summed E-state index contributed by atoms with van der Waals surface area (Å²) >= 11 is 0. The van der Waals surface area contributed by atoms with Gasteiger partial charge in [0.1, 0.15) is 0 Å². The van der Waals surface area contributed by atoms with Crippen molar-refractivity contribution >= 4 is 5.91 Å². The van der Waals surface area contributed by atoms with Crippen molar-refractivity contribution in [3.05, 3.63) is 35.7 Å². The molecule has 1 N–H and O–H groups in total. The van der Waals surface area contributed by atoms with Crippen molar-refractivity contribution < 1.29 is 9.32 Å². The summed E-state index contributed by atoms with van der Waals surface area (Å²) < 4.78 is 5.20. The van der Waals surface area contributed by atoms with E-state index in [4.69, 9.17) is 4.52 Å². The second-order valence-corrected chi connectivity index (χ2v) is 6.72. The summed E-state index contributed by atoms with van der Waals surface area (Å²) in [7, 11) is 0. The van der Waals surface area contributed by atoms with Crippen LogP contribution in [0.1, 0.15) is 38.6 Å². The van der Waals surface area contributed by atoms with E-state index in [2.05, 4.69) is 36.2 Å². The molecule has 0 aliphatic heterocycles. The van der Waals surface area contributed by atoms with E-state index in [-0.39, 0.29) is 11.3 Å². The van der Waals surface area contributed by atoms with Crippen molar-refractivity contribution in [3.63, 3.8) is 0 Å². The molecule has 5 heteroatoms. The molecule has 1 amide bonds. The average Bonchev–Trinajstić information content (AvgIpc) is 2.92. The molecule has 0 aliphatic rings. The first kappa shape index (κ1) is 16.2. The van der Waals surface area contributed by atoms with Gasteiger partial charge in [-0.1, -0.05) is 55.8 Å². The Labute approximate surface area is 131 Å². The molecule has 0 spiro atoms. The van der Waals surface area contributed by atoms with E-state index in [1.807, 2.05) is 31.2 Å². The molecule has 0 radical (unpaired) electrons. The number of carbonyl (C=O) groups is 1. The number of aryl methyl sites for hydroxylation is 2. The van der Waals surface area contributed by atoms with Crippen LogP contribution in [0.2, 0.25) is 0 Å². The molecule has 0 atom stereocenters. The topological polar surface area (TPSA) is 68.0 Å². The maximum absolute atomic E-state index is 11.8. The molecule has 1 heterocycles. The van der Waals surface area contributed by atoms with Gasteiger partial charge in [-0.15, -0.1) is 0 Å². The maximum Gasteiger partial charge on any atom is 0.227 e. The Hall–Kier alpha value is -2.17. The minimum absolute atomic E-state index is 0.00464. The van der Waals surface area contributed by atoms with E-state index in [0.717, 1.165) is 5.56 Å². The first-order valence-electron chi connectivity index (χ1n) is 7.50. The van der Waals surface area contributed by atoms with Crippen LogP contribution >= 0.6 is 0 Å². The quantitative estimate of drug-likeness (QED) is 0.921. The van der Waals surface area contributed by atoms with Crippen molar-refractivity contribution in [2.75, 3.05) is 6.54 Å². The lowest BCUT2D eigenvalue weighted by molar-refractivity contribution is -0.121. The highest BCUT2D eigenvalue weighted by atomic mass is 16.5. The fraction of sp³-hybridized carbons (Fsp3) is 0.471. The fourth-order valence-corrected chi connectivity index (χ4v) is 1.85. The highest BCUT2D eigenvalue weighted by Gasteiger charge is 2.13. The summed E-state index contributed by atoms with van der Waals surface area (Å²) in [6.45, 7) is 8.93. The molecule has 1 aromatic carbocycles. The molecular weight excluding hydrogens is 278 g/mol. The van der Waals surface area contributed by atoms with Crippen molar-refractivity contribution in [1.82, 2.24) is 15.5 Å². The van der Waals surface area contributed by atoms with Gasteiger partial charge in [-0.3, -0.25) is 4.79 Å². The van der Waals surface area contributed by atoms with Crippen LogP contribution in [0.4, 0.5) is 0 Å². The number of benzene rings is 1. The lowest BCUT2D eigenvalue weighted by Crippen LogP contribution is -2.32. The summed E-state index contributed by atoms with van der Waals surface area (Å²) in [5, 5.41) is 6.87. The zero-order valence-electron chi connectivity index (χ0n) is 13.6. The normalized spacial score (nSPS) is 11.5. The third-order valence-corrected chi connectivity index (χ3v) is 3.16. The Balaban J connectivity index is 1.87. The summed E-state index contributed by atoms with van der Waals surface area (Å²) in [5.41, 5.74) is 2.18. The predicted octanol–water partition coefficient (Wildman–Crippen LogP) is 3.14. The van der Waals surface area contributed by atoms with Gasteiger partial charge in [-0.25, -0.2) is 0 Å². The van der Waals surface area contributed by atoms with Gasteiger partial charge in [0, 0.05) is 24.9 Å². The van der Waals surface area contributed by atoms with Crippen LogP contribution in [0.15, 0.2) is 28.8 Å². The summed E-state index contributed by atoms with van der Waals surface area (Å²) in [5.74, 6) is 1.05. The highest BCUT2D eigenvalue weighted by molar-refractivity contribution is 5.76. The molecule has 2 aromatic rings. The average molecular weight is 301 g/mol. The Bertz CT molecular complexity index is 624. The Morgan fingerprint density at radius 3 is 2.55 bits per heavy atom. The monoisotopic (exact) mass is 301 g/mol. The largest absolute Gasteiger partial charge is 0.356 e. The molecule has 118 valence electrons. The van der Waals surface area contributed by atoms with Crippen LogP contribution in [0.3, 0.4) is 0 Å². The predicted molar refractivity (Wildman–Crippen MR) is 85.3 cm³/mol. The lowest BCUT2D eigenvalue weighted by Gasteiger charge is -2.18. The lowest BCUT2D eigenvalue weighted by atomic mass is 9.97. The molecule has 1 aromatic heterocycles. The zero-order valence-corrected chi connectivity index (χ0v) is 13.6. The van der Waals surface area contributed by atoms with Crippen LogP contribution in [0.25, 0.3) is 11.4 Å². The van der Waals surface area contributed by atoms with Gasteiger partial charge >= 0.3 is 0 Å². The van der Waals surface area contributed by atoms with Crippen molar-refractivity contribution in [2.24, 2.45) is 5.41 Å². The van der Waals surface area contributed by atoms with E-state index >= 15 is 0 Å². The van der Waals surface area contributed by atoms with Gasteiger partial charge in [-0.05, 0) is 12.3 Å². The summed E-state index contributed by atoms with van der Waals surface area (Å²) in [4.78, 5) is 16.1. The molecular formula is C17H23N3O2. The highest BCUT2D eigenvalue weighted by Crippen LogP contribution is 2.17. The zero-order chi connectivity index (χ0) is 16.2. The number of amides is 1. The smallest absolute Gasteiger partial charge is 0.227 e. The summed E-state index contributed by atoms with van der Waals surface area (Å²) in [6.07, 6.45) is 0.806. The fourth-order valence-electron chi connectivity index (χ4n) is 1.85. The number of nitrogens with one attached hydrogen (secondary N) is 1. The molecule has 0 bridgehead atoms. The van der Waals surface area contributed by atoms with Gasteiger partial charge in [-0.2, -0.15) is 4.98 Å². The second kappa shape index (κ2) is 6.73. The summed E-state index contributed by atoms with van der Waals surface area (Å²) in [6, 6.07) is 7.93. The van der Waals surface area contributed by atoms with Crippen LogP contribution in [0, 0.1) is 12.3 Å². The number of nitrogens with zero attached hydrogens (tertiary/aromatic N) is 2. The van der Waals surface area contributed by atoms with E-state index in [1.54, 1.807) is 0 Å². The second-order valence-electron chi connectivity index (χ2n) is 6.72. The number of carbonyl (C=O) groups excluding carboxylic acids is 1. The minimum atomic E-state index is 0.00464. The Kier molecular flexibility index (Phi) is 4.96. The molecule has 0 saturated heterocycles. The van der Waals surface area contributed by atoms with E-state index in [0.29, 0.717) is 31.1 Å². The Morgan fingerprint density at radius 1 is 1.23 bits per heavy atom. The first-order chi connectivity index (χ1) is 10.3. The van der Waals surface area contributed by atoms with Gasteiger partial charge in [0.15, 0.2) is 0 Å². The van der Waals surface area contributed by atoms with Gasteiger partial charge in [0.05, 0.1) is 0 Å². The maximum atomic E-state index is 11.8. The van der Waals surface area contributed by atoms with Crippen LogP contribution in [-0.4, -0.2) is 22.6 Å². The molecule has 0 unspecified atom stereocenters. The van der Waals surface area contributed by atoms with Crippen molar-refractivity contribution in [3.8, 4) is 11.4 Å². The van der Waals surface area contributed by atoms with Crippen LogP contribution in [-0.2, 0) is 11.2 Å². The van der Waals surface area contributed by atoms with Crippen LogP contribution in [0.5, 0.6) is 0 Å². The number of rotatable bonds is 5. The van der Waals surface area contributed by atoms with E-state index in [9.17, 15) is 4.79 Å². The first-order valence-corrected chi connectivity index (χ1v) is 7.50. The minimum Gasteiger partial charge on any atom is -0.356 e. The van der Waals surface area contributed by atoms with E-state index < -0.39 is 0 Å². The molecule has 0 aliphatic carbocycles. The standard InChI is InChI=1S/C17H23N3O2/c1-12-5-7-13(8-6-12)16-19-15(22-20-16)10-9-14(21)18-11-17(2,3)4/h5-8H,9-11H2,1-4H3,(H,18,21). The SMILES string of the molecule is Cc1ccc(-c2noc(CCC(=O)NCC(C)(C)C)n2)cc1. The van der Waals surface area contributed by atoms with Gasteiger partial charge in [0.25, 0.3) is 0 Å². The van der Waals surface area contributed by atoms with E-state index in [1.165, 1.54) is 5.56 Å². The molecule has 5 nitrogen and oxygen atoms in total. The molecule has 22 heavy (non-hydrogen) atoms. The van der Waals surface area contributed by atoms with Crippen LogP contribution < -0.4 is 5.32 Å². The van der Waals surface area contributed by atoms with Crippen molar-refractivity contribution in [2.45, 2.75) is 40.5 Å². The number of aromatic nitrogens is 2. The Morgan fingerprint density at radius 2 is 1.91 bits per heavy atom. The molecule has 0 fully saturated rings. The van der Waals surface area contributed by atoms with Gasteiger partial charge < -0.3 is 9.84 Å². The third-order valence-electron chi connectivity index (χ3n) is 3.16.